The fourth-order valence-corrected chi connectivity index (χ4v) is 1.14. The molecular formula is C10H12N2OS. The van der Waals surface area contributed by atoms with Gasteiger partial charge in [0.25, 0.3) is 0 Å². The van der Waals surface area contributed by atoms with Crippen molar-refractivity contribution in [1.29, 1.82) is 0 Å². The summed E-state index contributed by atoms with van der Waals surface area (Å²) in [6.07, 6.45) is 0. The molecule has 1 rings (SSSR count). The smallest absolute Gasteiger partial charge is 0.239 e. The molecule has 1 amide bonds. The molecule has 74 valence electrons. The molecule has 2 N–H and O–H groups in total. The van der Waals surface area contributed by atoms with Crippen LogP contribution in [-0.2, 0) is 4.79 Å². The Hall–Kier alpha value is -1.29. The molecule has 14 heavy (non-hydrogen) atoms. The van der Waals surface area contributed by atoms with Crippen molar-refractivity contribution in [3.63, 3.8) is 0 Å². The number of aliphatic imine (C=N–C) groups is 1. The van der Waals surface area contributed by atoms with Gasteiger partial charge in [-0.25, -0.2) is 0 Å². The van der Waals surface area contributed by atoms with Gasteiger partial charge in [0.15, 0.2) is 0 Å². The SMILES string of the molecule is CC(=NCC(N)=O)c1ccc(S)cc1. The summed E-state index contributed by atoms with van der Waals surface area (Å²) < 4.78 is 0. The molecule has 0 saturated carbocycles. The summed E-state index contributed by atoms with van der Waals surface area (Å²) >= 11 is 4.17. The summed E-state index contributed by atoms with van der Waals surface area (Å²) in [4.78, 5) is 15.4. The Morgan fingerprint density at radius 3 is 2.50 bits per heavy atom. The molecule has 0 atom stereocenters. The van der Waals surface area contributed by atoms with E-state index in [1.165, 1.54) is 0 Å². The zero-order valence-corrected chi connectivity index (χ0v) is 8.79. The van der Waals surface area contributed by atoms with Crippen LogP contribution < -0.4 is 5.73 Å². The van der Waals surface area contributed by atoms with E-state index in [4.69, 9.17) is 5.73 Å². The number of carbonyl (C=O) groups excluding carboxylic acids is 1. The third-order valence-corrected chi connectivity index (χ3v) is 2.06. The largest absolute Gasteiger partial charge is 0.368 e. The lowest BCUT2D eigenvalue weighted by atomic mass is 10.1. The first kappa shape index (κ1) is 10.8. The molecule has 0 spiro atoms. The maximum absolute atomic E-state index is 10.5. The second kappa shape index (κ2) is 4.81. The van der Waals surface area contributed by atoms with E-state index in [0.29, 0.717) is 0 Å². The Bertz CT molecular complexity index is 357. The molecule has 1 aromatic carbocycles. The van der Waals surface area contributed by atoms with Crippen LogP contribution in [0, 0.1) is 0 Å². The van der Waals surface area contributed by atoms with Crippen molar-refractivity contribution in [2.24, 2.45) is 10.7 Å². The molecule has 0 aliphatic carbocycles. The van der Waals surface area contributed by atoms with Gasteiger partial charge in [0, 0.05) is 10.6 Å². The number of amides is 1. The minimum absolute atomic E-state index is 0.0362. The number of rotatable bonds is 3. The molecule has 0 heterocycles. The minimum atomic E-state index is -0.421. The van der Waals surface area contributed by atoms with Crippen molar-refractivity contribution >= 4 is 24.2 Å². The number of carbonyl (C=O) groups is 1. The Morgan fingerprint density at radius 1 is 1.43 bits per heavy atom. The highest BCUT2D eigenvalue weighted by Gasteiger charge is 1.97. The first-order valence-electron chi connectivity index (χ1n) is 4.18. The van der Waals surface area contributed by atoms with Crippen LogP contribution in [0.2, 0.25) is 0 Å². The summed E-state index contributed by atoms with van der Waals surface area (Å²) in [6, 6.07) is 7.56. The van der Waals surface area contributed by atoms with Gasteiger partial charge in [-0.05, 0) is 24.6 Å². The summed E-state index contributed by atoms with van der Waals surface area (Å²) in [5.41, 5.74) is 6.76. The Kier molecular flexibility index (Phi) is 3.71. The van der Waals surface area contributed by atoms with Crippen molar-refractivity contribution in [3.8, 4) is 0 Å². The normalized spacial score (nSPS) is 11.4. The fraction of sp³-hybridized carbons (Fsp3) is 0.200. The lowest BCUT2D eigenvalue weighted by Gasteiger charge is -2.00. The average molecular weight is 208 g/mol. The van der Waals surface area contributed by atoms with E-state index < -0.39 is 5.91 Å². The number of hydrogen-bond acceptors (Lipinski definition) is 3. The number of primary amides is 1. The van der Waals surface area contributed by atoms with E-state index in [1.54, 1.807) is 0 Å². The highest BCUT2D eigenvalue weighted by molar-refractivity contribution is 7.80. The first-order valence-corrected chi connectivity index (χ1v) is 4.63. The van der Waals surface area contributed by atoms with E-state index in [2.05, 4.69) is 17.6 Å². The highest BCUT2D eigenvalue weighted by atomic mass is 32.1. The van der Waals surface area contributed by atoms with Crippen LogP contribution in [0.25, 0.3) is 0 Å². The van der Waals surface area contributed by atoms with Gasteiger partial charge < -0.3 is 5.73 Å². The Labute approximate surface area is 88.4 Å². The third kappa shape index (κ3) is 3.22. The van der Waals surface area contributed by atoms with Crippen LogP contribution in [0.4, 0.5) is 0 Å². The fourth-order valence-electron chi connectivity index (χ4n) is 0.990. The molecule has 0 bridgehead atoms. The zero-order valence-electron chi connectivity index (χ0n) is 7.90. The molecular weight excluding hydrogens is 196 g/mol. The second-order valence-corrected chi connectivity index (χ2v) is 3.43. The van der Waals surface area contributed by atoms with Gasteiger partial charge in [-0.15, -0.1) is 12.6 Å². The molecule has 0 aromatic heterocycles. The van der Waals surface area contributed by atoms with E-state index in [1.807, 2.05) is 31.2 Å². The van der Waals surface area contributed by atoms with E-state index in [9.17, 15) is 4.79 Å². The summed E-state index contributed by atoms with van der Waals surface area (Å²) in [5.74, 6) is -0.421. The zero-order chi connectivity index (χ0) is 10.6. The maximum atomic E-state index is 10.5. The van der Waals surface area contributed by atoms with Crippen LogP contribution in [0.15, 0.2) is 34.2 Å². The van der Waals surface area contributed by atoms with Gasteiger partial charge in [-0.1, -0.05) is 12.1 Å². The van der Waals surface area contributed by atoms with Crippen LogP contribution in [0.1, 0.15) is 12.5 Å². The molecule has 0 aliphatic rings. The summed E-state index contributed by atoms with van der Waals surface area (Å²) in [5, 5.41) is 0. The molecule has 0 radical (unpaired) electrons. The van der Waals surface area contributed by atoms with E-state index in [-0.39, 0.29) is 6.54 Å². The topological polar surface area (TPSA) is 55.4 Å². The molecule has 0 aliphatic heterocycles. The monoisotopic (exact) mass is 208 g/mol. The van der Waals surface area contributed by atoms with Crippen LogP contribution in [0.5, 0.6) is 0 Å². The lowest BCUT2D eigenvalue weighted by Crippen LogP contribution is -2.15. The number of benzene rings is 1. The van der Waals surface area contributed by atoms with Crippen molar-refractivity contribution in [2.45, 2.75) is 11.8 Å². The average Bonchev–Trinajstić information content (AvgIpc) is 2.15. The number of hydrogen-bond donors (Lipinski definition) is 2. The summed E-state index contributed by atoms with van der Waals surface area (Å²) in [6.45, 7) is 1.88. The van der Waals surface area contributed by atoms with Crippen molar-refractivity contribution in [1.82, 2.24) is 0 Å². The van der Waals surface area contributed by atoms with Gasteiger partial charge in [0.2, 0.25) is 5.91 Å². The molecule has 0 fully saturated rings. The lowest BCUT2D eigenvalue weighted by molar-refractivity contribution is -0.116. The molecule has 0 unspecified atom stereocenters. The van der Waals surface area contributed by atoms with E-state index >= 15 is 0 Å². The number of nitrogens with two attached hydrogens (primary N) is 1. The second-order valence-electron chi connectivity index (χ2n) is 2.91. The maximum Gasteiger partial charge on any atom is 0.239 e. The van der Waals surface area contributed by atoms with Gasteiger partial charge >= 0.3 is 0 Å². The number of thiol groups is 1. The Morgan fingerprint density at radius 2 is 2.00 bits per heavy atom. The first-order chi connectivity index (χ1) is 6.59. The number of nitrogens with zero attached hydrogens (tertiary/aromatic N) is 1. The molecule has 3 nitrogen and oxygen atoms in total. The Balaban J connectivity index is 2.78. The quantitative estimate of drug-likeness (QED) is 0.570. The standard InChI is InChI=1S/C10H12N2OS/c1-7(12-6-10(11)13)8-2-4-9(14)5-3-8/h2-5,14H,6H2,1H3,(H2,11,13). The van der Waals surface area contributed by atoms with Gasteiger partial charge in [0.05, 0.1) is 0 Å². The third-order valence-electron chi connectivity index (χ3n) is 1.76. The van der Waals surface area contributed by atoms with Gasteiger partial charge in [-0.3, -0.25) is 9.79 Å². The molecule has 4 heteroatoms. The molecule has 0 saturated heterocycles. The van der Waals surface area contributed by atoms with E-state index in [0.717, 1.165) is 16.2 Å². The van der Waals surface area contributed by atoms with Crippen molar-refractivity contribution in [3.05, 3.63) is 29.8 Å². The predicted octanol–water partition coefficient (Wildman–Crippen LogP) is 1.27. The van der Waals surface area contributed by atoms with Gasteiger partial charge in [0.1, 0.15) is 6.54 Å². The minimum Gasteiger partial charge on any atom is -0.368 e. The summed E-state index contributed by atoms with van der Waals surface area (Å²) in [7, 11) is 0. The molecule has 1 aromatic rings. The van der Waals surface area contributed by atoms with Crippen LogP contribution in [-0.4, -0.2) is 18.2 Å². The van der Waals surface area contributed by atoms with Crippen molar-refractivity contribution < 1.29 is 4.79 Å². The predicted molar refractivity (Wildman–Crippen MR) is 60.0 cm³/mol. The van der Waals surface area contributed by atoms with Crippen LogP contribution >= 0.6 is 12.6 Å². The van der Waals surface area contributed by atoms with Crippen LogP contribution in [0.3, 0.4) is 0 Å². The highest BCUT2D eigenvalue weighted by Crippen LogP contribution is 2.08. The van der Waals surface area contributed by atoms with Crippen molar-refractivity contribution in [2.75, 3.05) is 6.54 Å². The van der Waals surface area contributed by atoms with Gasteiger partial charge in [-0.2, -0.15) is 0 Å².